The fourth-order valence-corrected chi connectivity index (χ4v) is 1.82. The average molecular weight is 234 g/mol. The van der Waals surface area contributed by atoms with Gasteiger partial charge in [-0.25, -0.2) is 0 Å². The Balaban J connectivity index is 2.59. The largest absolute Gasteiger partial charge is 0.369 e. The molecule has 0 aliphatic heterocycles. The van der Waals surface area contributed by atoms with Crippen molar-refractivity contribution in [3.05, 3.63) is 35.4 Å². The Morgan fingerprint density at radius 3 is 2.41 bits per heavy atom. The second kappa shape index (κ2) is 6.40. The highest BCUT2D eigenvalue weighted by Crippen LogP contribution is 2.19. The van der Waals surface area contributed by atoms with Crippen molar-refractivity contribution in [3.63, 3.8) is 0 Å². The molecule has 0 spiro atoms. The van der Waals surface area contributed by atoms with Crippen LogP contribution in [0.2, 0.25) is 0 Å². The molecule has 1 aromatic rings. The second-order valence-electron chi connectivity index (χ2n) is 4.69. The summed E-state index contributed by atoms with van der Waals surface area (Å²) < 4.78 is 0. The first-order valence-corrected chi connectivity index (χ1v) is 6.08. The lowest BCUT2D eigenvalue weighted by Crippen LogP contribution is -2.30. The molecule has 0 fully saturated rings. The van der Waals surface area contributed by atoms with Crippen molar-refractivity contribution in [1.82, 2.24) is 4.90 Å². The lowest BCUT2D eigenvalue weighted by atomic mass is 9.97. The maximum absolute atomic E-state index is 10.8. The van der Waals surface area contributed by atoms with Crippen molar-refractivity contribution in [2.24, 2.45) is 5.73 Å². The lowest BCUT2D eigenvalue weighted by molar-refractivity contribution is -0.118. The van der Waals surface area contributed by atoms with E-state index in [0.717, 1.165) is 13.0 Å². The number of nitrogens with zero attached hydrogens (tertiary/aromatic N) is 1. The van der Waals surface area contributed by atoms with Gasteiger partial charge in [0.25, 0.3) is 0 Å². The van der Waals surface area contributed by atoms with E-state index in [-0.39, 0.29) is 5.91 Å². The molecule has 0 saturated carbocycles. The minimum Gasteiger partial charge on any atom is -0.369 e. The van der Waals surface area contributed by atoms with E-state index in [1.807, 2.05) is 11.9 Å². The zero-order valence-electron chi connectivity index (χ0n) is 10.9. The van der Waals surface area contributed by atoms with Gasteiger partial charge in [0.2, 0.25) is 5.91 Å². The minimum absolute atomic E-state index is 0.288. The van der Waals surface area contributed by atoms with E-state index in [2.05, 4.69) is 38.1 Å². The Hall–Kier alpha value is -1.35. The van der Waals surface area contributed by atoms with Gasteiger partial charge in [-0.2, -0.15) is 0 Å². The number of hydrogen-bond acceptors (Lipinski definition) is 2. The molecule has 0 radical (unpaired) electrons. The normalized spacial score (nSPS) is 12.7. The van der Waals surface area contributed by atoms with Gasteiger partial charge in [0.15, 0.2) is 0 Å². The molecule has 0 saturated heterocycles. The Labute approximate surface area is 104 Å². The topological polar surface area (TPSA) is 46.3 Å². The van der Waals surface area contributed by atoms with Crippen molar-refractivity contribution >= 4 is 5.91 Å². The Kier molecular flexibility index (Phi) is 5.16. The number of hydrogen-bond donors (Lipinski definition) is 1. The molecule has 0 aromatic heterocycles. The average Bonchev–Trinajstić information content (AvgIpc) is 2.28. The summed E-state index contributed by atoms with van der Waals surface area (Å²) in [6, 6.07) is 8.58. The van der Waals surface area contributed by atoms with Crippen molar-refractivity contribution in [3.8, 4) is 0 Å². The molecular weight excluding hydrogens is 212 g/mol. The standard InChI is InChI=1S/C14H22N2O/c1-4-11(2)13-7-5-12(6-8-13)9-16(3)10-14(15)17/h5-8,11H,4,9-10H2,1-3H3,(H2,15,17). The molecule has 0 aliphatic carbocycles. The van der Waals surface area contributed by atoms with Gasteiger partial charge in [-0.05, 0) is 30.5 Å². The molecule has 1 aromatic carbocycles. The van der Waals surface area contributed by atoms with Crippen LogP contribution in [0.1, 0.15) is 37.3 Å². The Bertz CT molecular complexity index is 359. The highest BCUT2D eigenvalue weighted by atomic mass is 16.1. The van der Waals surface area contributed by atoms with Crippen LogP contribution >= 0.6 is 0 Å². The van der Waals surface area contributed by atoms with E-state index < -0.39 is 0 Å². The van der Waals surface area contributed by atoms with Crippen LogP contribution in [0.25, 0.3) is 0 Å². The first-order valence-electron chi connectivity index (χ1n) is 6.08. The van der Waals surface area contributed by atoms with Crippen LogP contribution in [0.4, 0.5) is 0 Å². The molecule has 1 atom stereocenters. The predicted octanol–water partition coefficient (Wildman–Crippen LogP) is 2.12. The number of carbonyl (C=O) groups is 1. The molecule has 1 amide bonds. The fourth-order valence-electron chi connectivity index (χ4n) is 1.82. The number of likely N-dealkylation sites (N-methyl/N-ethyl adjacent to an activating group) is 1. The summed E-state index contributed by atoms with van der Waals surface area (Å²) in [5.74, 6) is 0.316. The monoisotopic (exact) mass is 234 g/mol. The summed E-state index contributed by atoms with van der Waals surface area (Å²) in [4.78, 5) is 12.7. The van der Waals surface area contributed by atoms with E-state index in [4.69, 9.17) is 5.73 Å². The van der Waals surface area contributed by atoms with E-state index in [0.29, 0.717) is 12.5 Å². The molecule has 0 heterocycles. The first kappa shape index (κ1) is 13.7. The Morgan fingerprint density at radius 2 is 1.94 bits per heavy atom. The smallest absolute Gasteiger partial charge is 0.231 e. The molecular formula is C14H22N2O. The van der Waals surface area contributed by atoms with Gasteiger partial charge >= 0.3 is 0 Å². The molecule has 1 unspecified atom stereocenters. The molecule has 1 rings (SSSR count). The lowest BCUT2D eigenvalue weighted by Gasteiger charge is -2.15. The molecule has 94 valence electrons. The molecule has 3 nitrogen and oxygen atoms in total. The van der Waals surface area contributed by atoms with Crippen LogP contribution < -0.4 is 5.73 Å². The summed E-state index contributed by atoms with van der Waals surface area (Å²) in [6.45, 7) is 5.48. The number of primary amides is 1. The van der Waals surface area contributed by atoms with E-state index in [9.17, 15) is 4.79 Å². The Morgan fingerprint density at radius 1 is 1.35 bits per heavy atom. The number of benzene rings is 1. The quantitative estimate of drug-likeness (QED) is 0.819. The second-order valence-corrected chi connectivity index (χ2v) is 4.69. The zero-order valence-corrected chi connectivity index (χ0v) is 10.9. The van der Waals surface area contributed by atoms with Crippen LogP contribution in [0.15, 0.2) is 24.3 Å². The third kappa shape index (κ3) is 4.57. The SMILES string of the molecule is CCC(C)c1ccc(CN(C)CC(N)=O)cc1. The van der Waals surface area contributed by atoms with Crippen LogP contribution in [0, 0.1) is 0 Å². The van der Waals surface area contributed by atoms with Gasteiger partial charge in [-0.3, -0.25) is 9.69 Å². The summed E-state index contributed by atoms with van der Waals surface area (Å²) in [6.07, 6.45) is 1.15. The van der Waals surface area contributed by atoms with Crippen LogP contribution in [0.3, 0.4) is 0 Å². The van der Waals surface area contributed by atoms with Crippen LogP contribution in [0.5, 0.6) is 0 Å². The van der Waals surface area contributed by atoms with Crippen molar-refractivity contribution in [2.45, 2.75) is 32.7 Å². The summed E-state index contributed by atoms with van der Waals surface area (Å²) in [5.41, 5.74) is 7.73. The predicted molar refractivity (Wildman–Crippen MR) is 70.7 cm³/mol. The van der Waals surface area contributed by atoms with Crippen molar-refractivity contribution in [2.75, 3.05) is 13.6 Å². The number of carbonyl (C=O) groups excluding carboxylic acids is 1. The maximum Gasteiger partial charge on any atom is 0.231 e. The molecule has 3 heteroatoms. The number of nitrogens with two attached hydrogens (primary N) is 1. The fraction of sp³-hybridized carbons (Fsp3) is 0.500. The van der Waals surface area contributed by atoms with Gasteiger partial charge in [-0.15, -0.1) is 0 Å². The van der Waals surface area contributed by atoms with Gasteiger partial charge in [0.1, 0.15) is 0 Å². The van der Waals surface area contributed by atoms with E-state index in [1.165, 1.54) is 11.1 Å². The van der Waals surface area contributed by atoms with Crippen LogP contribution in [-0.2, 0) is 11.3 Å². The summed E-state index contributed by atoms with van der Waals surface area (Å²) in [7, 11) is 1.90. The molecule has 0 bridgehead atoms. The third-order valence-electron chi connectivity index (χ3n) is 3.04. The van der Waals surface area contributed by atoms with E-state index in [1.54, 1.807) is 0 Å². The number of rotatable bonds is 6. The highest BCUT2D eigenvalue weighted by molar-refractivity contribution is 5.75. The minimum atomic E-state index is -0.288. The van der Waals surface area contributed by atoms with Crippen molar-refractivity contribution in [1.29, 1.82) is 0 Å². The zero-order chi connectivity index (χ0) is 12.8. The van der Waals surface area contributed by atoms with Gasteiger partial charge in [0.05, 0.1) is 6.54 Å². The maximum atomic E-state index is 10.8. The van der Waals surface area contributed by atoms with Crippen LogP contribution in [-0.4, -0.2) is 24.4 Å². The van der Waals surface area contributed by atoms with Gasteiger partial charge in [0, 0.05) is 6.54 Å². The number of amides is 1. The highest BCUT2D eigenvalue weighted by Gasteiger charge is 2.05. The summed E-state index contributed by atoms with van der Waals surface area (Å²) >= 11 is 0. The van der Waals surface area contributed by atoms with E-state index >= 15 is 0 Å². The van der Waals surface area contributed by atoms with Gasteiger partial charge in [-0.1, -0.05) is 38.1 Å². The molecule has 17 heavy (non-hydrogen) atoms. The first-order chi connectivity index (χ1) is 8.02. The third-order valence-corrected chi connectivity index (χ3v) is 3.04. The molecule has 0 aliphatic rings. The van der Waals surface area contributed by atoms with Crippen molar-refractivity contribution < 1.29 is 4.79 Å². The summed E-state index contributed by atoms with van der Waals surface area (Å²) in [5, 5.41) is 0. The molecule has 2 N–H and O–H groups in total. The van der Waals surface area contributed by atoms with Gasteiger partial charge < -0.3 is 5.73 Å².